The minimum atomic E-state index is -0.257. The molecule has 4 rings (SSSR count). The Hall–Kier alpha value is -3.41. The van der Waals surface area contributed by atoms with E-state index in [0.29, 0.717) is 12.2 Å². The molecular weight excluding hydrogens is 367 g/mol. The van der Waals surface area contributed by atoms with Gasteiger partial charge in [-0.2, -0.15) is 5.10 Å². The third-order valence-electron chi connectivity index (χ3n) is 5.08. The smallest absolute Gasteiger partial charge is 0.274 e. The summed E-state index contributed by atoms with van der Waals surface area (Å²) in [6.45, 7) is 6.59. The second-order valence-corrected chi connectivity index (χ2v) is 7.24. The van der Waals surface area contributed by atoms with Gasteiger partial charge in [-0.1, -0.05) is 18.2 Å². The molecule has 3 heterocycles. The van der Waals surface area contributed by atoms with Gasteiger partial charge in [-0.25, -0.2) is 9.07 Å². The summed E-state index contributed by atoms with van der Waals surface area (Å²) in [6.07, 6.45) is 3.79. The maximum Gasteiger partial charge on any atom is 0.274 e. The van der Waals surface area contributed by atoms with Gasteiger partial charge in [0.2, 0.25) is 0 Å². The molecule has 4 aromatic rings. The van der Waals surface area contributed by atoms with Crippen molar-refractivity contribution in [1.82, 2.24) is 19.1 Å². The van der Waals surface area contributed by atoms with Crippen molar-refractivity contribution >= 4 is 11.4 Å². The number of aromatic nitrogens is 3. The van der Waals surface area contributed by atoms with E-state index in [1.54, 1.807) is 34.0 Å². The number of halogens is 1. The molecule has 0 bridgehead atoms. The Morgan fingerprint density at radius 1 is 1.03 bits per heavy atom. The highest BCUT2D eigenvalue weighted by molar-refractivity contribution is 5.92. The van der Waals surface area contributed by atoms with Crippen LogP contribution < -0.4 is 0 Å². The molecule has 148 valence electrons. The minimum Gasteiger partial charge on any atom is -0.335 e. The van der Waals surface area contributed by atoms with E-state index < -0.39 is 0 Å². The molecular formula is C23H23FN4O. The molecule has 3 aromatic heterocycles. The lowest BCUT2D eigenvalue weighted by Gasteiger charge is -2.24. The van der Waals surface area contributed by atoms with E-state index in [0.717, 1.165) is 22.5 Å². The fourth-order valence-electron chi connectivity index (χ4n) is 3.54. The van der Waals surface area contributed by atoms with Crippen LogP contribution in [0, 0.1) is 5.82 Å². The number of carbonyl (C=O) groups is 1. The van der Waals surface area contributed by atoms with Crippen LogP contribution in [0.1, 0.15) is 31.3 Å². The summed E-state index contributed by atoms with van der Waals surface area (Å²) in [5.74, 6) is 0.498. The molecule has 0 saturated heterocycles. The van der Waals surface area contributed by atoms with E-state index in [1.807, 2.05) is 55.6 Å². The molecule has 0 saturated carbocycles. The van der Waals surface area contributed by atoms with Gasteiger partial charge in [0, 0.05) is 30.5 Å². The first kappa shape index (κ1) is 18.9. The van der Waals surface area contributed by atoms with Crippen molar-refractivity contribution in [1.29, 1.82) is 0 Å². The SMILES string of the molecule is CCN(C(=O)c1ccn(-c2ccc3ccc(-c4ccc(F)cc4)cn23)n1)C(C)C. The van der Waals surface area contributed by atoms with Gasteiger partial charge in [-0.05, 0) is 68.3 Å². The molecule has 5 nitrogen and oxygen atoms in total. The number of benzene rings is 1. The lowest BCUT2D eigenvalue weighted by molar-refractivity contribution is 0.0710. The van der Waals surface area contributed by atoms with Gasteiger partial charge in [0.15, 0.2) is 5.69 Å². The highest BCUT2D eigenvalue weighted by Crippen LogP contribution is 2.23. The van der Waals surface area contributed by atoms with E-state index in [1.165, 1.54) is 12.1 Å². The lowest BCUT2D eigenvalue weighted by Crippen LogP contribution is -2.37. The Balaban J connectivity index is 1.71. The summed E-state index contributed by atoms with van der Waals surface area (Å²) in [4.78, 5) is 14.5. The van der Waals surface area contributed by atoms with Gasteiger partial charge in [0.1, 0.15) is 11.6 Å². The molecule has 0 spiro atoms. The zero-order valence-electron chi connectivity index (χ0n) is 16.7. The quantitative estimate of drug-likeness (QED) is 0.491. The van der Waals surface area contributed by atoms with Crippen molar-refractivity contribution in [3.63, 3.8) is 0 Å². The maximum atomic E-state index is 13.2. The van der Waals surface area contributed by atoms with Gasteiger partial charge in [0.05, 0.1) is 0 Å². The van der Waals surface area contributed by atoms with Crippen molar-refractivity contribution < 1.29 is 9.18 Å². The van der Waals surface area contributed by atoms with Gasteiger partial charge < -0.3 is 9.30 Å². The minimum absolute atomic E-state index is 0.0749. The number of hydrogen-bond donors (Lipinski definition) is 0. The van der Waals surface area contributed by atoms with Crippen LogP contribution in [0.25, 0.3) is 22.5 Å². The summed E-state index contributed by atoms with van der Waals surface area (Å²) < 4.78 is 17.0. The standard InChI is InChI=1S/C23H23FN4O/c1-4-26(16(2)3)23(29)21-13-14-28(25-21)22-12-11-20-10-7-18(15-27(20)22)17-5-8-19(24)9-6-17/h5-16H,4H2,1-3H3. The van der Waals surface area contributed by atoms with Crippen molar-refractivity contribution in [2.24, 2.45) is 0 Å². The highest BCUT2D eigenvalue weighted by atomic mass is 19.1. The lowest BCUT2D eigenvalue weighted by atomic mass is 10.1. The number of pyridine rings is 1. The summed E-state index contributed by atoms with van der Waals surface area (Å²) in [6, 6.07) is 16.3. The highest BCUT2D eigenvalue weighted by Gasteiger charge is 2.20. The molecule has 29 heavy (non-hydrogen) atoms. The monoisotopic (exact) mass is 390 g/mol. The number of rotatable bonds is 5. The van der Waals surface area contributed by atoms with E-state index >= 15 is 0 Å². The van der Waals surface area contributed by atoms with Gasteiger partial charge in [0.25, 0.3) is 5.91 Å². The van der Waals surface area contributed by atoms with E-state index in [4.69, 9.17) is 0 Å². The first-order chi connectivity index (χ1) is 14.0. The summed E-state index contributed by atoms with van der Waals surface area (Å²) in [5.41, 5.74) is 3.33. The van der Waals surface area contributed by atoms with Crippen LogP contribution in [-0.4, -0.2) is 37.6 Å². The second kappa shape index (κ2) is 7.54. The van der Waals surface area contributed by atoms with E-state index in [-0.39, 0.29) is 17.8 Å². The first-order valence-electron chi connectivity index (χ1n) is 9.72. The fraction of sp³-hybridized carbons (Fsp3) is 0.217. The molecule has 0 aliphatic carbocycles. The molecule has 0 atom stereocenters. The predicted octanol–water partition coefficient (Wildman–Crippen LogP) is 4.80. The number of carbonyl (C=O) groups excluding carboxylic acids is 1. The Bertz CT molecular complexity index is 1160. The van der Waals surface area contributed by atoms with Crippen LogP contribution in [0.15, 0.2) is 67.0 Å². The van der Waals surface area contributed by atoms with Crippen molar-refractivity contribution in [2.45, 2.75) is 26.8 Å². The second-order valence-electron chi connectivity index (χ2n) is 7.24. The molecule has 0 radical (unpaired) electrons. The number of nitrogens with zero attached hydrogens (tertiary/aromatic N) is 4. The normalized spacial score (nSPS) is 11.3. The van der Waals surface area contributed by atoms with Gasteiger partial charge in [-0.15, -0.1) is 0 Å². The fourth-order valence-corrected chi connectivity index (χ4v) is 3.54. The largest absolute Gasteiger partial charge is 0.335 e. The van der Waals surface area contributed by atoms with Crippen LogP contribution in [0.5, 0.6) is 0 Å². The van der Waals surface area contributed by atoms with Crippen LogP contribution in [0.4, 0.5) is 4.39 Å². The maximum absolute atomic E-state index is 13.2. The third kappa shape index (κ3) is 3.53. The average molecular weight is 390 g/mol. The van der Waals surface area contributed by atoms with E-state index in [9.17, 15) is 9.18 Å². The van der Waals surface area contributed by atoms with Gasteiger partial charge in [-0.3, -0.25) is 4.79 Å². The Labute approximate surface area is 169 Å². The molecule has 0 unspecified atom stereocenters. The molecule has 6 heteroatoms. The number of amides is 1. The zero-order chi connectivity index (χ0) is 20.5. The molecule has 1 aromatic carbocycles. The number of fused-ring (bicyclic) bond motifs is 1. The Morgan fingerprint density at radius 2 is 1.72 bits per heavy atom. The third-order valence-corrected chi connectivity index (χ3v) is 5.08. The molecule has 1 amide bonds. The summed E-state index contributed by atoms with van der Waals surface area (Å²) in [5, 5.41) is 4.52. The van der Waals surface area contributed by atoms with Crippen molar-refractivity contribution in [3.8, 4) is 16.9 Å². The molecule has 0 aliphatic rings. The zero-order valence-corrected chi connectivity index (χ0v) is 16.7. The molecule has 0 fully saturated rings. The topological polar surface area (TPSA) is 42.5 Å². The van der Waals surface area contributed by atoms with Crippen molar-refractivity contribution in [2.75, 3.05) is 6.54 Å². The molecule has 0 aliphatic heterocycles. The summed E-state index contributed by atoms with van der Waals surface area (Å²) >= 11 is 0. The van der Waals surface area contributed by atoms with Crippen LogP contribution in [0.3, 0.4) is 0 Å². The summed E-state index contributed by atoms with van der Waals surface area (Å²) in [7, 11) is 0. The first-order valence-corrected chi connectivity index (χ1v) is 9.72. The predicted molar refractivity (Wildman–Crippen MR) is 112 cm³/mol. The Kier molecular flexibility index (Phi) is 4.92. The van der Waals surface area contributed by atoms with Crippen LogP contribution in [0.2, 0.25) is 0 Å². The van der Waals surface area contributed by atoms with Crippen molar-refractivity contribution in [3.05, 3.63) is 78.5 Å². The Morgan fingerprint density at radius 3 is 2.41 bits per heavy atom. The van der Waals surface area contributed by atoms with Crippen LogP contribution >= 0.6 is 0 Å². The molecule has 0 N–H and O–H groups in total. The average Bonchev–Trinajstić information content (AvgIpc) is 3.35. The van der Waals surface area contributed by atoms with Crippen LogP contribution in [-0.2, 0) is 0 Å². The van der Waals surface area contributed by atoms with Gasteiger partial charge >= 0.3 is 0 Å². The number of hydrogen-bond acceptors (Lipinski definition) is 2. The van der Waals surface area contributed by atoms with E-state index in [2.05, 4.69) is 5.10 Å².